The molecule has 1 aliphatic heterocycles. The lowest BCUT2D eigenvalue weighted by molar-refractivity contribution is 0.0388. The molecule has 1 atom stereocenters. The number of hydrogen-bond acceptors (Lipinski definition) is 5. The van der Waals surface area contributed by atoms with Crippen LogP contribution in [-0.4, -0.2) is 48.7 Å². The zero-order chi connectivity index (χ0) is 17.1. The van der Waals surface area contributed by atoms with Crippen molar-refractivity contribution in [2.75, 3.05) is 26.9 Å². The average molecular weight is 333 g/mol. The van der Waals surface area contributed by atoms with Crippen LogP contribution in [0.3, 0.4) is 0 Å². The standard InChI is InChI=1S/C18H23NO5/c1-12-17(18(21)24-9-8-22-2)15-10-13(20)5-6-16(15)19(12)11-14-4-3-7-23-14/h5-6,10,14,20H,3-4,7-9,11H2,1-2H3. The van der Waals surface area contributed by atoms with Crippen molar-refractivity contribution < 1.29 is 24.1 Å². The number of esters is 1. The van der Waals surface area contributed by atoms with Crippen LogP contribution in [0.15, 0.2) is 18.2 Å². The highest BCUT2D eigenvalue weighted by molar-refractivity contribution is 6.06. The van der Waals surface area contributed by atoms with E-state index in [1.54, 1.807) is 19.2 Å². The Morgan fingerprint density at radius 2 is 2.25 bits per heavy atom. The van der Waals surface area contributed by atoms with E-state index >= 15 is 0 Å². The fraction of sp³-hybridized carbons (Fsp3) is 0.500. The van der Waals surface area contributed by atoms with Crippen molar-refractivity contribution in [2.24, 2.45) is 0 Å². The van der Waals surface area contributed by atoms with Gasteiger partial charge in [0.15, 0.2) is 0 Å². The normalized spacial score (nSPS) is 17.5. The van der Waals surface area contributed by atoms with Gasteiger partial charge in [0, 0.05) is 36.9 Å². The molecule has 2 aromatic rings. The molecule has 0 aliphatic carbocycles. The van der Waals surface area contributed by atoms with Crippen LogP contribution in [0.2, 0.25) is 0 Å². The Balaban J connectivity index is 1.98. The molecule has 1 saturated heterocycles. The van der Waals surface area contributed by atoms with Gasteiger partial charge in [-0.1, -0.05) is 0 Å². The van der Waals surface area contributed by atoms with Crippen LogP contribution >= 0.6 is 0 Å². The summed E-state index contributed by atoms with van der Waals surface area (Å²) in [5.41, 5.74) is 2.23. The minimum Gasteiger partial charge on any atom is -0.508 e. The summed E-state index contributed by atoms with van der Waals surface area (Å²) in [6.07, 6.45) is 2.24. The van der Waals surface area contributed by atoms with E-state index in [-0.39, 0.29) is 18.5 Å². The Bertz CT molecular complexity index is 731. The Morgan fingerprint density at radius 3 is 2.96 bits per heavy atom. The lowest BCUT2D eigenvalue weighted by Gasteiger charge is -2.14. The summed E-state index contributed by atoms with van der Waals surface area (Å²) in [5.74, 6) is -0.269. The SMILES string of the molecule is COCCOC(=O)c1c(C)n(CC2CCCO2)c2ccc(O)cc12. The molecule has 0 bridgehead atoms. The second-order valence-electron chi connectivity index (χ2n) is 6.04. The van der Waals surface area contributed by atoms with Gasteiger partial charge in [-0.15, -0.1) is 0 Å². The molecule has 1 fully saturated rings. The van der Waals surface area contributed by atoms with Gasteiger partial charge in [-0.25, -0.2) is 4.79 Å². The van der Waals surface area contributed by atoms with Crippen molar-refractivity contribution in [3.8, 4) is 5.75 Å². The molecule has 1 unspecified atom stereocenters. The number of benzene rings is 1. The van der Waals surface area contributed by atoms with E-state index in [1.807, 2.05) is 13.0 Å². The van der Waals surface area contributed by atoms with Gasteiger partial charge in [-0.05, 0) is 38.0 Å². The molecule has 1 aromatic heterocycles. The van der Waals surface area contributed by atoms with Crippen LogP contribution in [0.4, 0.5) is 0 Å². The Morgan fingerprint density at radius 1 is 1.42 bits per heavy atom. The van der Waals surface area contributed by atoms with E-state index in [1.165, 1.54) is 0 Å². The van der Waals surface area contributed by atoms with Crippen LogP contribution in [0.5, 0.6) is 5.75 Å². The van der Waals surface area contributed by atoms with Crippen LogP contribution < -0.4 is 0 Å². The smallest absolute Gasteiger partial charge is 0.340 e. The molecule has 1 N–H and O–H groups in total. The molecule has 0 radical (unpaired) electrons. The first-order valence-electron chi connectivity index (χ1n) is 8.21. The summed E-state index contributed by atoms with van der Waals surface area (Å²) in [6.45, 7) is 3.93. The lowest BCUT2D eigenvalue weighted by Crippen LogP contribution is -2.17. The third-order valence-electron chi connectivity index (χ3n) is 4.44. The minimum atomic E-state index is -0.397. The first-order chi connectivity index (χ1) is 11.6. The second kappa shape index (κ2) is 7.23. The quantitative estimate of drug-likeness (QED) is 0.650. The van der Waals surface area contributed by atoms with E-state index in [9.17, 15) is 9.90 Å². The molecule has 1 aliphatic rings. The maximum Gasteiger partial charge on any atom is 0.340 e. The van der Waals surface area contributed by atoms with Crippen LogP contribution in [0.25, 0.3) is 10.9 Å². The molecule has 24 heavy (non-hydrogen) atoms. The van der Waals surface area contributed by atoms with Gasteiger partial charge in [-0.3, -0.25) is 0 Å². The number of fused-ring (bicyclic) bond motifs is 1. The number of phenols is 1. The largest absolute Gasteiger partial charge is 0.508 e. The highest BCUT2D eigenvalue weighted by Crippen LogP contribution is 2.31. The number of aromatic hydroxyl groups is 1. The Hall–Kier alpha value is -2.05. The van der Waals surface area contributed by atoms with Gasteiger partial charge in [-0.2, -0.15) is 0 Å². The highest BCUT2D eigenvalue weighted by atomic mass is 16.6. The molecule has 0 amide bonds. The first-order valence-corrected chi connectivity index (χ1v) is 8.21. The number of carbonyl (C=O) groups excluding carboxylic acids is 1. The van der Waals surface area contributed by atoms with Gasteiger partial charge >= 0.3 is 5.97 Å². The number of methoxy groups -OCH3 is 1. The van der Waals surface area contributed by atoms with Crippen LogP contribution in [0, 0.1) is 6.92 Å². The predicted octanol–water partition coefficient (Wildman–Crippen LogP) is 2.64. The summed E-state index contributed by atoms with van der Waals surface area (Å²) in [5, 5.41) is 10.5. The number of nitrogens with zero attached hydrogens (tertiary/aromatic N) is 1. The van der Waals surface area contributed by atoms with E-state index in [0.29, 0.717) is 24.1 Å². The summed E-state index contributed by atoms with van der Waals surface area (Å²) < 4.78 is 18.0. The van der Waals surface area contributed by atoms with Crippen LogP contribution in [-0.2, 0) is 20.8 Å². The lowest BCUT2D eigenvalue weighted by atomic mass is 10.1. The summed E-state index contributed by atoms with van der Waals surface area (Å²) >= 11 is 0. The van der Waals surface area contributed by atoms with Crippen molar-refractivity contribution in [3.63, 3.8) is 0 Å². The monoisotopic (exact) mass is 333 g/mol. The maximum absolute atomic E-state index is 12.5. The van der Waals surface area contributed by atoms with Crippen molar-refractivity contribution in [2.45, 2.75) is 32.4 Å². The van der Waals surface area contributed by atoms with Crippen molar-refractivity contribution in [1.29, 1.82) is 0 Å². The van der Waals surface area contributed by atoms with E-state index in [4.69, 9.17) is 14.2 Å². The predicted molar refractivity (Wildman–Crippen MR) is 89.5 cm³/mol. The minimum absolute atomic E-state index is 0.128. The molecular weight excluding hydrogens is 310 g/mol. The summed E-state index contributed by atoms with van der Waals surface area (Å²) in [4.78, 5) is 12.5. The van der Waals surface area contributed by atoms with E-state index in [0.717, 1.165) is 30.7 Å². The summed E-state index contributed by atoms with van der Waals surface area (Å²) in [6, 6.07) is 5.08. The third-order valence-corrected chi connectivity index (χ3v) is 4.44. The highest BCUT2D eigenvalue weighted by Gasteiger charge is 2.24. The molecule has 6 nitrogen and oxygen atoms in total. The number of rotatable bonds is 6. The molecule has 0 saturated carbocycles. The molecule has 2 heterocycles. The van der Waals surface area contributed by atoms with E-state index in [2.05, 4.69) is 4.57 Å². The van der Waals surface area contributed by atoms with Crippen molar-refractivity contribution in [1.82, 2.24) is 4.57 Å². The van der Waals surface area contributed by atoms with Crippen LogP contribution in [0.1, 0.15) is 28.9 Å². The number of ether oxygens (including phenoxy) is 3. The van der Waals surface area contributed by atoms with Gasteiger partial charge in [0.2, 0.25) is 0 Å². The third kappa shape index (κ3) is 3.25. The number of phenolic OH excluding ortho intramolecular Hbond substituents is 1. The second-order valence-corrected chi connectivity index (χ2v) is 6.04. The Labute approximate surface area is 140 Å². The molecular formula is C18H23NO5. The van der Waals surface area contributed by atoms with Crippen molar-refractivity contribution >= 4 is 16.9 Å². The topological polar surface area (TPSA) is 69.9 Å². The van der Waals surface area contributed by atoms with Crippen molar-refractivity contribution in [3.05, 3.63) is 29.5 Å². The summed E-state index contributed by atoms with van der Waals surface area (Å²) in [7, 11) is 1.56. The Kier molecular flexibility index (Phi) is 5.06. The first kappa shape index (κ1) is 16.8. The molecule has 0 spiro atoms. The number of aromatic nitrogens is 1. The molecule has 130 valence electrons. The van der Waals surface area contributed by atoms with E-state index < -0.39 is 5.97 Å². The fourth-order valence-electron chi connectivity index (χ4n) is 3.24. The number of hydrogen-bond donors (Lipinski definition) is 1. The number of carbonyl (C=O) groups is 1. The van der Waals surface area contributed by atoms with Gasteiger partial charge in [0.25, 0.3) is 0 Å². The molecule has 3 rings (SSSR count). The fourth-order valence-corrected chi connectivity index (χ4v) is 3.24. The zero-order valence-corrected chi connectivity index (χ0v) is 14.1. The molecule has 6 heteroatoms. The average Bonchev–Trinajstić information content (AvgIpc) is 3.15. The van der Waals surface area contributed by atoms with Gasteiger partial charge in [0.05, 0.1) is 18.3 Å². The zero-order valence-electron chi connectivity index (χ0n) is 14.1. The van der Waals surface area contributed by atoms with Gasteiger partial charge < -0.3 is 23.9 Å². The molecule has 1 aromatic carbocycles. The maximum atomic E-state index is 12.5. The van der Waals surface area contributed by atoms with Gasteiger partial charge in [0.1, 0.15) is 12.4 Å².